The van der Waals surface area contributed by atoms with Crippen molar-refractivity contribution >= 4 is 34.4 Å². The summed E-state index contributed by atoms with van der Waals surface area (Å²) in [5, 5.41) is 13.5. The monoisotopic (exact) mass is 356 g/mol. The molecule has 1 atom stereocenters. The number of carbonyl (C=O) groups excluding carboxylic acids is 1. The molecule has 0 aliphatic carbocycles. The van der Waals surface area contributed by atoms with Gasteiger partial charge >= 0.3 is 5.97 Å². The fourth-order valence-electron chi connectivity index (χ4n) is 2.75. The lowest BCUT2D eigenvalue weighted by molar-refractivity contribution is -0.141. The zero-order valence-corrected chi connectivity index (χ0v) is 14.1. The van der Waals surface area contributed by atoms with Gasteiger partial charge in [0.1, 0.15) is 12.6 Å². The zero-order valence-electron chi connectivity index (χ0n) is 13.4. The minimum atomic E-state index is -1.05. The van der Waals surface area contributed by atoms with Gasteiger partial charge in [-0.15, -0.1) is 0 Å². The van der Waals surface area contributed by atoms with Gasteiger partial charge in [0.2, 0.25) is 5.91 Å². The number of carbonyl (C=O) groups is 2. The Morgan fingerprint density at radius 3 is 2.60 bits per heavy atom. The molecule has 6 heteroatoms. The Balaban J connectivity index is 1.70. The summed E-state index contributed by atoms with van der Waals surface area (Å²) in [6.07, 6.45) is 2.03. The SMILES string of the molecule is O=C(Cn1ccc2cc(Cl)ccc21)N[C@@H](Cc1ccccc1)C(=O)O. The van der Waals surface area contributed by atoms with E-state index in [1.807, 2.05) is 48.5 Å². The standard InChI is InChI=1S/C19H17ClN2O3/c20-15-6-7-17-14(11-15)8-9-22(17)12-18(23)21-16(19(24)25)10-13-4-2-1-3-5-13/h1-9,11,16H,10,12H2,(H,21,23)(H,24,25)/t16-/m0/s1. The molecule has 1 aromatic heterocycles. The lowest BCUT2D eigenvalue weighted by Crippen LogP contribution is -2.43. The molecule has 0 bridgehead atoms. The van der Waals surface area contributed by atoms with Crippen LogP contribution in [0.5, 0.6) is 0 Å². The van der Waals surface area contributed by atoms with Crippen molar-refractivity contribution in [2.45, 2.75) is 19.0 Å². The van der Waals surface area contributed by atoms with Crippen molar-refractivity contribution in [3.8, 4) is 0 Å². The summed E-state index contributed by atoms with van der Waals surface area (Å²) in [5.41, 5.74) is 1.73. The Labute approximate surface area is 149 Å². The van der Waals surface area contributed by atoms with E-state index in [0.29, 0.717) is 5.02 Å². The molecular formula is C19H17ClN2O3. The molecule has 0 spiro atoms. The van der Waals surface area contributed by atoms with Gasteiger partial charge in [-0.05, 0) is 29.8 Å². The normalized spacial score (nSPS) is 12.0. The van der Waals surface area contributed by atoms with Gasteiger partial charge in [-0.3, -0.25) is 4.79 Å². The van der Waals surface area contributed by atoms with Gasteiger partial charge in [-0.1, -0.05) is 41.9 Å². The molecule has 2 aromatic carbocycles. The molecule has 0 saturated carbocycles. The number of carboxylic acids is 1. The van der Waals surface area contributed by atoms with E-state index in [0.717, 1.165) is 16.5 Å². The first-order chi connectivity index (χ1) is 12.0. The molecule has 5 nitrogen and oxygen atoms in total. The first-order valence-electron chi connectivity index (χ1n) is 7.83. The molecule has 1 heterocycles. The highest BCUT2D eigenvalue weighted by molar-refractivity contribution is 6.31. The average molecular weight is 357 g/mol. The van der Waals surface area contributed by atoms with Crippen LogP contribution in [0, 0.1) is 0 Å². The van der Waals surface area contributed by atoms with Crippen molar-refractivity contribution in [2.24, 2.45) is 0 Å². The average Bonchev–Trinajstić information content (AvgIpc) is 2.97. The van der Waals surface area contributed by atoms with Crippen molar-refractivity contribution < 1.29 is 14.7 Å². The van der Waals surface area contributed by atoms with Crippen LogP contribution in [0.4, 0.5) is 0 Å². The van der Waals surface area contributed by atoms with Gasteiger partial charge in [0.15, 0.2) is 0 Å². The van der Waals surface area contributed by atoms with Gasteiger partial charge in [-0.2, -0.15) is 0 Å². The van der Waals surface area contributed by atoms with Gasteiger partial charge in [0.05, 0.1) is 0 Å². The van der Waals surface area contributed by atoms with Crippen molar-refractivity contribution in [2.75, 3.05) is 0 Å². The maximum Gasteiger partial charge on any atom is 0.326 e. The number of amides is 1. The molecule has 2 N–H and O–H groups in total. The minimum Gasteiger partial charge on any atom is -0.480 e. The zero-order chi connectivity index (χ0) is 17.8. The highest BCUT2D eigenvalue weighted by Crippen LogP contribution is 2.20. The van der Waals surface area contributed by atoms with Crippen LogP contribution in [-0.4, -0.2) is 27.6 Å². The Morgan fingerprint density at radius 1 is 1.12 bits per heavy atom. The van der Waals surface area contributed by atoms with Crippen LogP contribution >= 0.6 is 11.6 Å². The van der Waals surface area contributed by atoms with Crippen molar-refractivity contribution in [1.82, 2.24) is 9.88 Å². The van der Waals surface area contributed by atoms with E-state index < -0.39 is 12.0 Å². The van der Waals surface area contributed by atoms with Crippen LogP contribution in [0.2, 0.25) is 5.02 Å². The molecule has 1 amide bonds. The van der Waals surface area contributed by atoms with Gasteiger partial charge in [-0.25, -0.2) is 4.79 Å². The van der Waals surface area contributed by atoms with E-state index in [-0.39, 0.29) is 18.9 Å². The van der Waals surface area contributed by atoms with Crippen LogP contribution in [0.1, 0.15) is 5.56 Å². The number of carboxylic acid groups (broad SMARTS) is 1. The van der Waals surface area contributed by atoms with E-state index >= 15 is 0 Å². The summed E-state index contributed by atoms with van der Waals surface area (Å²) in [4.78, 5) is 23.8. The quantitative estimate of drug-likeness (QED) is 0.713. The molecule has 128 valence electrons. The molecule has 3 rings (SSSR count). The van der Waals surface area contributed by atoms with Crippen LogP contribution < -0.4 is 5.32 Å². The second-order valence-corrected chi connectivity index (χ2v) is 6.23. The number of aromatic nitrogens is 1. The largest absolute Gasteiger partial charge is 0.480 e. The summed E-state index contributed by atoms with van der Waals surface area (Å²) in [5.74, 6) is -1.41. The molecule has 0 radical (unpaired) electrons. The number of fused-ring (bicyclic) bond motifs is 1. The number of hydrogen-bond acceptors (Lipinski definition) is 2. The maximum absolute atomic E-state index is 12.3. The molecule has 0 aliphatic rings. The van der Waals surface area contributed by atoms with E-state index in [2.05, 4.69) is 5.32 Å². The number of benzene rings is 2. The number of nitrogens with one attached hydrogen (secondary N) is 1. The van der Waals surface area contributed by atoms with Crippen molar-refractivity contribution in [1.29, 1.82) is 0 Å². The summed E-state index contributed by atoms with van der Waals surface area (Å²) in [6, 6.07) is 15.5. The summed E-state index contributed by atoms with van der Waals surface area (Å²) in [7, 11) is 0. The van der Waals surface area contributed by atoms with Crippen LogP contribution in [0.3, 0.4) is 0 Å². The van der Waals surface area contributed by atoms with Crippen molar-refractivity contribution in [3.05, 3.63) is 71.4 Å². The predicted molar refractivity (Wildman–Crippen MR) is 96.7 cm³/mol. The number of hydrogen-bond donors (Lipinski definition) is 2. The molecule has 0 saturated heterocycles. The fraction of sp³-hybridized carbons (Fsp3) is 0.158. The lowest BCUT2D eigenvalue weighted by Gasteiger charge is -2.15. The summed E-state index contributed by atoms with van der Waals surface area (Å²) in [6.45, 7) is 0.0453. The van der Waals surface area contributed by atoms with Crippen molar-refractivity contribution in [3.63, 3.8) is 0 Å². The van der Waals surface area contributed by atoms with E-state index in [9.17, 15) is 14.7 Å². The summed E-state index contributed by atoms with van der Waals surface area (Å²) < 4.78 is 1.77. The highest BCUT2D eigenvalue weighted by Gasteiger charge is 2.20. The summed E-state index contributed by atoms with van der Waals surface area (Å²) >= 11 is 5.96. The lowest BCUT2D eigenvalue weighted by atomic mass is 10.1. The number of nitrogens with zero attached hydrogens (tertiary/aromatic N) is 1. The first-order valence-corrected chi connectivity index (χ1v) is 8.21. The Bertz CT molecular complexity index is 905. The fourth-order valence-corrected chi connectivity index (χ4v) is 2.93. The van der Waals surface area contributed by atoms with E-state index in [4.69, 9.17) is 11.6 Å². The topological polar surface area (TPSA) is 71.3 Å². The molecule has 0 unspecified atom stereocenters. The third kappa shape index (κ3) is 4.19. The smallest absolute Gasteiger partial charge is 0.326 e. The van der Waals surface area contributed by atoms with Gasteiger partial charge in [0, 0.05) is 28.5 Å². The molecular weight excluding hydrogens is 340 g/mol. The van der Waals surface area contributed by atoms with Crippen LogP contribution in [0.15, 0.2) is 60.8 Å². The molecule has 0 aliphatic heterocycles. The molecule has 0 fully saturated rings. The van der Waals surface area contributed by atoms with E-state index in [1.165, 1.54) is 0 Å². The van der Waals surface area contributed by atoms with Crippen LogP contribution in [0.25, 0.3) is 10.9 Å². The second-order valence-electron chi connectivity index (χ2n) is 5.79. The van der Waals surface area contributed by atoms with Crippen LogP contribution in [-0.2, 0) is 22.6 Å². The third-order valence-electron chi connectivity index (χ3n) is 3.96. The Kier molecular flexibility index (Phi) is 5.05. The number of aliphatic carboxylic acids is 1. The highest BCUT2D eigenvalue weighted by atomic mass is 35.5. The minimum absolute atomic E-state index is 0.0453. The number of halogens is 1. The van der Waals surface area contributed by atoms with Gasteiger partial charge < -0.3 is 15.0 Å². The Morgan fingerprint density at radius 2 is 1.88 bits per heavy atom. The second kappa shape index (κ2) is 7.40. The molecule has 25 heavy (non-hydrogen) atoms. The number of rotatable bonds is 6. The van der Waals surface area contributed by atoms with Gasteiger partial charge in [0.25, 0.3) is 0 Å². The third-order valence-corrected chi connectivity index (χ3v) is 4.20. The maximum atomic E-state index is 12.3. The first kappa shape index (κ1) is 17.0. The van der Waals surface area contributed by atoms with E-state index in [1.54, 1.807) is 16.8 Å². The Hall–Kier alpha value is -2.79. The predicted octanol–water partition coefficient (Wildman–Crippen LogP) is 3.11. The molecule has 3 aromatic rings.